The molecule has 0 amide bonds. The van der Waals surface area contributed by atoms with E-state index in [2.05, 4.69) is 10.3 Å². The number of nitrogens with zero attached hydrogens (tertiary/aromatic N) is 2. The molecule has 9 heteroatoms. The number of para-hydroxylation sites is 1. The van der Waals surface area contributed by atoms with Crippen molar-refractivity contribution < 1.29 is 13.2 Å². The summed E-state index contributed by atoms with van der Waals surface area (Å²) in [5.74, 6) is 0.495. The van der Waals surface area contributed by atoms with Gasteiger partial charge in [0.1, 0.15) is 0 Å². The molecule has 0 aliphatic carbocycles. The summed E-state index contributed by atoms with van der Waals surface area (Å²) in [5.41, 5.74) is 7.66. The molecule has 2 rings (SSSR count). The van der Waals surface area contributed by atoms with Gasteiger partial charge in [0, 0.05) is 31.5 Å². The van der Waals surface area contributed by atoms with Crippen LogP contribution in [0.25, 0.3) is 0 Å². The van der Waals surface area contributed by atoms with Gasteiger partial charge in [-0.25, -0.2) is 12.7 Å². The van der Waals surface area contributed by atoms with Crippen LogP contribution in [0.1, 0.15) is 12.0 Å². The second-order valence-electron chi connectivity index (χ2n) is 5.05. The lowest BCUT2D eigenvalue weighted by molar-refractivity contribution is 0.185. The number of hydrogen-bond donors (Lipinski definition) is 2. The van der Waals surface area contributed by atoms with E-state index in [0.29, 0.717) is 32.7 Å². The number of anilines is 1. The minimum Gasteiger partial charge on any atom is -0.380 e. The van der Waals surface area contributed by atoms with Crippen LogP contribution < -0.4 is 11.1 Å². The van der Waals surface area contributed by atoms with Crippen molar-refractivity contribution >= 4 is 45.6 Å². The monoisotopic (exact) mass is 454 g/mol. The van der Waals surface area contributed by atoms with Crippen LogP contribution in [-0.4, -0.2) is 51.2 Å². The fourth-order valence-corrected chi connectivity index (χ4v) is 3.84. The van der Waals surface area contributed by atoms with E-state index in [-0.39, 0.29) is 35.7 Å². The van der Waals surface area contributed by atoms with E-state index >= 15 is 0 Å². The second kappa shape index (κ2) is 9.40. The molecule has 1 fully saturated rings. The van der Waals surface area contributed by atoms with Gasteiger partial charge >= 0.3 is 0 Å². The lowest BCUT2D eigenvalue weighted by atomic mass is 10.2. The van der Waals surface area contributed by atoms with E-state index in [1.54, 1.807) is 7.11 Å². The van der Waals surface area contributed by atoms with Gasteiger partial charge in [0.15, 0.2) is 5.96 Å². The Hall–Kier alpha value is -0.910. The Balaban J connectivity index is 0.00000264. The molecule has 0 radical (unpaired) electrons. The van der Waals surface area contributed by atoms with Crippen LogP contribution in [0.3, 0.4) is 0 Å². The number of hydrogen-bond acceptors (Lipinski definition) is 4. The largest absolute Gasteiger partial charge is 0.380 e. The molecule has 1 saturated heterocycles. The Morgan fingerprint density at radius 1 is 1.43 bits per heavy atom. The summed E-state index contributed by atoms with van der Waals surface area (Å²) < 4.78 is 29.9. The highest BCUT2D eigenvalue weighted by atomic mass is 127. The van der Waals surface area contributed by atoms with Crippen LogP contribution in [0.15, 0.2) is 29.3 Å². The van der Waals surface area contributed by atoms with Crippen molar-refractivity contribution in [1.29, 1.82) is 0 Å². The van der Waals surface area contributed by atoms with Gasteiger partial charge in [-0.15, -0.1) is 24.0 Å². The Morgan fingerprint density at radius 2 is 2.17 bits per heavy atom. The third kappa shape index (κ3) is 5.90. The summed E-state index contributed by atoms with van der Waals surface area (Å²) >= 11 is 0. The Labute approximate surface area is 154 Å². The van der Waals surface area contributed by atoms with Gasteiger partial charge in [-0.05, 0) is 12.5 Å². The molecule has 1 aliphatic heterocycles. The molecular formula is C14H23IN4O3S. The summed E-state index contributed by atoms with van der Waals surface area (Å²) in [4.78, 5) is 4.19. The number of aliphatic imine (C=N–C) groups is 1. The first-order valence-electron chi connectivity index (χ1n) is 7.14. The van der Waals surface area contributed by atoms with Crippen LogP contribution in [0, 0.1) is 0 Å². The number of methoxy groups -OCH3 is 1. The molecule has 0 atom stereocenters. The number of rotatable bonds is 6. The molecule has 1 heterocycles. The standard InChI is InChI=1S/C14H22N4O3S.HI/c1-21-11-12-5-2-3-6-13(12)17-14(15)16-7-9-18-8-4-10-22(18,19)20;/h2-3,5-6H,4,7-11H2,1H3,(H3,15,16,17);1H. The van der Waals surface area contributed by atoms with E-state index in [4.69, 9.17) is 10.5 Å². The predicted molar refractivity (Wildman–Crippen MR) is 103 cm³/mol. The van der Waals surface area contributed by atoms with Crippen molar-refractivity contribution in [2.24, 2.45) is 10.7 Å². The van der Waals surface area contributed by atoms with E-state index in [9.17, 15) is 8.42 Å². The van der Waals surface area contributed by atoms with Gasteiger partial charge in [0.2, 0.25) is 10.0 Å². The lowest BCUT2D eigenvalue weighted by Gasteiger charge is -2.13. The normalized spacial score (nSPS) is 17.7. The smallest absolute Gasteiger partial charge is 0.214 e. The fourth-order valence-electron chi connectivity index (χ4n) is 2.33. The van der Waals surface area contributed by atoms with Gasteiger partial charge in [-0.3, -0.25) is 4.99 Å². The molecule has 0 bridgehead atoms. The third-order valence-electron chi connectivity index (χ3n) is 3.41. The van der Waals surface area contributed by atoms with Crippen molar-refractivity contribution in [1.82, 2.24) is 4.31 Å². The molecule has 3 N–H and O–H groups in total. The minimum absolute atomic E-state index is 0. The highest BCUT2D eigenvalue weighted by Gasteiger charge is 2.27. The summed E-state index contributed by atoms with van der Waals surface area (Å²) in [6, 6.07) is 7.65. The Bertz CT molecular complexity index is 637. The summed E-state index contributed by atoms with van der Waals surface area (Å²) in [7, 11) is -1.44. The minimum atomic E-state index is -3.07. The van der Waals surface area contributed by atoms with Crippen LogP contribution in [-0.2, 0) is 21.4 Å². The van der Waals surface area contributed by atoms with Crippen molar-refractivity contribution in [2.75, 3.05) is 37.8 Å². The number of nitrogens with one attached hydrogen (secondary N) is 1. The molecule has 0 unspecified atom stereocenters. The maximum Gasteiger partial charge on any atom is 0.214 e. The molecule has 1 aromatic carbocycles. The van der Waals surface area contributed by atoms with Gasteiger partial charge in [0.05, 0.1) is 18.9 Å². The predicted octanol–water partition coefficient (Wildman–Crippen LogP) is 1.21. The molecule has 0 spiro atoms. The quantitative estimate of drug-likeness (QED) is 0.383. The molecule has 1 aliphatic rings. The average Bonchev–Trinajstić information content (AvgIpc) is 2.80. The number of halogens is 1. The van der Waals surface area contributed by atoms with Gasteiger partial charge in [-0.2, -0.15) is 0 Å². The first kappa shape index (κ1) is 20.1. The third-order valence-corrected chi connectivity index (χ3v) is 5.37. The van der Waals surface area contributed by atoms with Crippen molar-refractivity contribution in [3.63, 3.8) is 0 Å². The fraction of sp³-hybridized carbons (Fsp3) is 0.500. The molecular weight excluding hydrogens is 431 g/mol. The van der Waals surface area contributed by atoms with E-state index in [1.807, 2.05) is 24.3 Å². The van der Waals surface area contributed by atoms with Gasteiger partial charge < -0.3 is 15.8 Å². The first-order valence-corrected chi connectivity index (χ1v) is 8.75. The second-order valence-corrected chi connectivity index (χ2v) is 7.14. The number of guanidine groups is 1. The van der Waals surface area contributed by atoms with E-state index in [1.165, 1.54) is 4.31 Å². The topological polar surface area (TPSA) is 97.0 Å². The van der Waals surface area contributed by atoms with Crippen molar-refractivity contribution in [3.05, 3.63) is 29.8 Å². The molecule has 7 nitrogen and oxygen atoms in total. The number of sulfonamides is 1. The average molecular weight is 454 g/mol. The van der Waals surface area contributed by atoms with Crippen LogP contribution >= 0.6 is 24.0 Å². The summed E-state index contributed by atoms with van der Waals surface area (Å²) in [5, 5.41) is 3.02. The lowest BCUT2D eigenvalue weighted by Crippen LogP contribution is -2.30. The van der Waals surface area contributed by atoms with Crippen LogP contribution in [0.5, 0.6) is 0 Å². The molecule has 0 aromatic heterocycles. The Kier molecular flexibility index (Phi) is 8.23. The van der Waals surface area contributed by atoms with Crippen molar-refractivity contribution in [2.45, 2.75) is 13.0 Å². The number of benzene rings is 1. The van der Waals surface area contributed by atoms with Crippen LogP contribution in [0.2, 0.25) is 0 Å². The molecule has 23 heavy (non-hydrogen) atoms. The maximum absolute atomic E-state index is 11.7. The molecule has 0 saturated carbocycles. The zero-order valence-electron chi connectivity index (χ0n) is 13.1. The van der Waals surface area contributed by atoms with E-state index < -0.39 is 10.0 Å². The highest BCUT2D eigenvalue weighted by molar-refractivity contribution is 14.0. The Morgan fingerprint density at radius 3 is 2.83 bits per heavy atom. The first-order chi connectivity index (χ1) is 10.5. The van der Waals surface area contributed by atoms with Crippen LogP contribution in [0.4, 0.5) is 5.69 Å². The summed E-state index contributed by atoms with van der Waals surface area (Å²) in [6.45, 7) is 1.75. The van der Waals surface area contributed by atoms with Gasteiger partial charge in [-0.1, -0.05) is 18.2 Å². The molecule has 130 valence electrons. The van der Waals surface area contributed by atoms with Crippen molar-refractivity contribution in [3.8, 4) is 0 Å². The zero-order valence-corrected chi connectivity index (χ0v) is 16.2. The highest BCUT2D eigenvalue weighted by Crippen LogP contribution is 2.15. The molecule has 1 aromatic rings. The SMILES string of the molecule is COCc1ccccc1NC(N)=NCCN1CCCS1(=O)=O.I. The number of nitrogens with two attached hydrogens (primary N) is 1. The van der Waals surface area contributed by atoms with E-state index in [0.717, 1.165) is 11.3 Å². The van der Waals surface area contributed by atoms with Gasteiger partial charge in [0.25, 0.3) is 0 Å². The maximum atomic E-state index is 11.7. The summed E-state index contributed by atoms with van der Waals surface area (Å²) in [6.07, 6.45) is 0.685. The number of ether oxygens (including phenoxy) is 1. The zero-order chi connectivity index (χ0) is 16.0.